The van der Waals surface area contributed by atoms with Crippen molar-refractivity contribution in [1.82, 2.24) is 14.3 Å². The van der Waals surface area contributed by atoms with Gasteiger partial charge in [0, 0.05) is 35.3 Å². The van der Waals surface area contributed by atoms with Crippen molar-refractivity contribution in [3.05, 3.63) is 88.6 Å². The molecule has 2 aromatic carbocycles. The molecule has 0 aliphatic heterocycles. The van der Waals surface area contributed by atoms with Crippen LogP contribution in [-0.4, -0.2) is 20.3 Å². The summed E-state index contributed by atoms with van der Waals surface area (Å²) in [4.78, 5) is 26.8. The lowest BCUT2D eigenvalue weighted by molar-refractivity contribution is -0.124. The average molecular weight is 507 g/mol. The zero-order chi connectivity index (χ0) is 25.9. The lowest BCUT2D eigenvalue weighted by Gasteiger charge is -2.56. The van der Waals surface area contributed by atoms with Crippen LogP contribution in [0.4, 0.5) is 5.69 Å². The summed E-state index contributed by atoms with van der Waals surface area (Å²) in [5, 5.41) is 9.33. The molecule has 4 aliphatic rings. The Morgan fingerprint density at radius 2 is 1.66 bits per heavy atom. The molecule has 8 rings (SSSR count). The van der Waals surface area contributed by atoms with Gasteiger partial charge in [-0.1, -0.05) is 24.3 Å². The molecule has 0 unspecified atom stereocenters. The van der Waals surface area contributed by atoms with E-state index in [2.05, 4.69) is 5.32 Å². The molecule has 4 aromatic rings. The van der Waals surface area contributed by atoms with E-state index in [1.165, 1.54) is 38.5 Å². The molecular formula is C32H34N4O2. The molecule has 4 aliphatic carbocycles. The molecule has 0 spiro atoms. The van der Waals surface area contributed by atoms with Crippen molar-refractivity contribution in [2.75, 3.05) is 5.32 Å². The second kappa shape index (κ2) is 8.97. The number of amides is 1. The monoisotopic (exact) mass is 506 g/mol. The number of aryl methyl sites for hydroxylation is 1. The Morgan fingerprint density at radius 1 is 0.947 bits per heavy atom. The molecule has 1 amide bonds. The van der Waals surface area contributed by atoms with Gasteiger partial charge < -0.3 is 9.88 Å². The van der Waals surface area contributed by atoms with Crippen LogP contribution in [-0.2, 0) is 11.3 Å². The number of nitrogens with one attached hydrogen (secondary N) is 1. The SMILES string of the molecule is Cc1cn(-c2ccccc2)nc1Cn1ccc2c(NC(=O)CC34CC5CC(CC(C5)C3)C4)cccc2c1=O. The van der Waals surface area contributed by atoms with E-state index < -0.39 is 0 Å². The molecule has 0 saturated heterocycles. The molecule has 1 N–H and O–H groups in total. The molecule has 6 heteroatoms. The first kappa shape index (κ1) is 23.4. The van der Waals surface area contributed by atoms with Crippen LogP contribution in [0.1, 0.15) is 56.2 Å². The number of para-hydroxylation sites is 1. The standard InChI is InChI=1S/C32H34N4O2/c1-21-19-36(25-6-3-2-4-7-25)34-29(21)20-35-11-10-26-27(31(35)38)8-5-9-28(26)33-30(37)18-32-15-22-12-23(16-32)14-24(13-22)17-32/h2-11,19,22-24H,12-18,20H2,1H3,(H,33,37). The van der Waals surface area contributed by atoms with Crippen molar-refractivity contribution >= 4 is 22.4 Å². The van der Waals surface area contributed by atoms with Crippen LogP contribution in [0.25, 0.3) is 16.5 Å². The minimum absolute atomic E-state index is 0.0756. The molecule has 0 radical (unpaired) electrons. The van der Waals surface area contributed by atoms with E-state index in [0.717, 1.165) is 45.8 Å². The number of nitrogens with zero attached hydrogens (tertiary/aromatic N) is 3. The van der Waals surface area contributed by atoms with Crippen LogP contribution < -0.4 is 10.9 Å². The number of hydrogen-bond acceptors (Lipinski definition) is 3. The van der Waals surface area contributed by atoms with Gasteiger partial charge >= 0.3 is 0 Å². The molecule has 2 heterocycles. The topological polar surface area (TPSA) is 68.9 Å². The second-order valence-electron chi connectivity index (χ2n) is 12.2. The first-order valence-corrected chi connectivity index (χ1v) is 14.0. The summed E-state index contributed by atoms with van der Waals surface area (Å²) in [7, 11) is 0. The van der Waals surface area contributed by atoms with Gasteiger partial charge in [0.05, 0.1) is 17.9 Å². The Labute approximate surface area is 222 Å². The first-order valence-electron chi connectivity index (χ1n) is 14.0. The van der Waals surface area contributed by atoms with Gasteiger partial charge in [-0.05, 0) is 105 Å². The van der Waals surface area contributed by atoms with E-state index in [1.54, 1.807) is 4.57 Å². The smallest absolute Gasteiger partial charge is 0.258 e. The number of hydrogen-bond donors (Lipinski definition) is 1. The van der Waals surface area contributed by atoms with Gasteiger partial charge in [-0.3, -0.25) is 9.59 Å². The Balaban J connectivity index is 1.12. The molecule has 0 atom stereocenters. The quantitative estimate of drug-likeness (QED) is 0.344. The molecule has 4 bridgehead atoms. The molecule has 4 fully saturated rings. The average Bonchev–Trinajstić information content (AvgIpc) is 3.25. The number of benzene rings is 2. The molecule has 38 heavy (non-hydrogen) atoms. The van der Waals surface area contributed by atoms with Crippen LogP contribution in [0.5, 0.6) is 0 Å². The zero-order valence-electron chi connectivity index (χ0n) is 21.9. The maximum absolute atomic E-state index is 13.5. The summed E-state index contributed by atoms with van der Waals surface area (Å²) in [6, 6.07) is 17.5. The minimum atomic E-state index is -0.0756. The maximum atomic E-state index is 13.5. The summed E-state index contributed by atoms with van der Waals surface area (Å²) in [6.07, 6.45) is 12.2. The highest BCUT2D eigenvalue weighted by atomic mass is 16.1. The van der Waals surface area contributed by atoms with Crippen LogP contribution in [0.15, 0.2) is 71.8 Å². The summed E-state index contributed by atoms with van der Waals surface area (Å²) in [6.45, 7) is 2.41. The highest BCUT2D eigenvalue weighted by molar-refractivity contribution is 6.02. The van der Waals surface area contributed by atoms with Crippen molar-refractivity contribution < 1.29 is 4.79 Å². The van der Waals surface area contributed by atoms with Gasteiger partial charge in [-0.2, -0.15) is 5.10 Å². The van der Waals surface area contributed by atoms with E-state index in [-0.39, 0.29) is 16.9 Å². The zero-order valence-corrected chi connectivity index (χ0v) is 21.9. The number of carbonyl (C=O) groups excluding carboxylic acids is 1. The van der Waals surface area contributed by atoms with Gasteiger partial charge in [0.2, 0.25) is 5.91 Å². The number of rotatable bonds is 6. The Morgan fingerprint density at radius 3 is 2.37 bits per heavy atom. The molecule has 194 valence electrons. The van der Waals surface area contributed by atoms with E-state index >= 15 is 0 Å². The highest BCUT2D eigenvalue weighted by Crippen LogP contribution is 2.61. The van der Waals surface area contributed by atoms with E-state index in [9.17, 15) is 9.59 Å². The lowest BCUT2D eigenvalue weighted by Crippen LogP contribution is -2.47. The molecular weight excluding hydrogens is 472 g/mol. The second-order valence-corrected chi connectivity index (χ2v) is 12.2. The third-order valence-electron chi connectivity index (χ3n) is 9.33. The van der Waals surface area contributed by atoms with Crippen LogP contribution in [0, 0.1) is 30.1 Å². The van der Waals surface area contributed by atoms with Crippen molar-refractivity contribution in [2.45, 2.75) is 58.4 Å². The predicted octanol–water partition coefficient (Wildman–Crippen LogP) is 6.09. The largest absolute Gasteiger partial charge is 0.325 e. The first-order chi connectivity index (χ1) is 18.4. The summed E-state index contributed by atoms with van der Waals surface area (Å²) >= 11 is 0. The Bertz CT molecular complexity index is 1550. The van der Waals surface area contributed by atoms with E-state index in [4.69, 9.17) is 5.10 Å². The summed E-state index contributed by atoms with van der Waals surface area (Å²) < 4.78 is 3.56. The fourth-order valence-electron chi connectivity index (χ4n) is 8.12. The fourth-order valence-corrected chi connectivity index (χ4v) is 8.12. The van der Waals surface area contributed by atoms with Crippen molar-refractivity contribution in [2.24, 2.45) is 23.2 Å². The lowest BCUT2D eigenvalue weighted by atomic mass is 9.49. The maximum Gasteiger partial charge on any atom is 0.258 e. The normalized spacial score (nSPS) is 25.7. The number of carbonyl (C=O) groups is 1. The van der Waals surface area contributed by atoms with E-state index in [0.29, 0.717) is 18.4 Å². The Kier molecular flexibility index (Phi) is 5.53. The van der Waals surface area contributed by atoms with Gasteiger partial charge in [0.25, 0.3) is 5.56 Å². The third kappa shape index (κ3) is 4.16. The molecule has 6 nitrogen and oxygen atoms in total. The van der Waals surface area contributed by atoms with Crippen LogP contribution in [0.3, 0.4) is 0 Å². The fraction of sp³-hybridized carbons (Fsp3) is 0.406. The van der Waals surface area contributed by atoms with Gasteiger partial charge in [0.1, 0.15) is 0 Å². The molecule has 4 saturated carbocycles. The van der Waals surface area contributed by atoms with E-state index in [1.807, 2.05) is 78.6 Å². The predicted molar refractivity (Wildman–Crippen MR) is 149 cm³/mol. The number of anilines is 1. The van der Waals surface area contributed by atoms with Crippen LogP contribution >= 0.6 is 0 Å². The summed E-state index contributed by atoms with van der Waals surface area (Å²) in [5.74, 6) is 2.57. The van der Waals surface area contributed by atoms with Gasteiger partial charge in [0.15, 0.2) is 0 Å². The molecule has 2 aromatic heterocycles. The van der Waals surface area contributed by atoms with Gasteiger partial charge in [-0.15, -0.1) is 0 Å². The highest BCUT2D eigenvalue weighted by Gasteiger charge is 2.51. The number of fused-ring (bicyclic) bond motifs is 1. The summed E-state index contributed by atoms with van der Waals surface area (Å²) in [5.41, 5.74) is 3.72. The number of pyridine rings is 1. The number of aromatic nitrogens is 3. The van der Waals surface area contributed by atoms with Crippen molar-refractivity contribution in [3.8, 4) is 5.69 Å². The van der Waals surface area contributed by atoms with Crippen molar-refractivity contribution in [1.29, 1.82) is 0 Å². The van der Waals surface area contributed by atoms with Crippen LogP contribution in [0.2, 0.25) is 0 Å². The minimum Gasteiger partial charge on any atom is -0.325 e. The Hall–Kier alpha value is -3.67. The van der Waals surface area contributed by atoms with Crippen molar-refractivity contribution in [3.63, 3.8) is 0 Å². The van der Waals surface area contributed by atoms with Gasteiger partial charge in [-0.25, -0.2) is 4.68 Å². The third-order valence-corrected chi connectivity index (χ3v) is 9.33.